The van der Waals surface area contributed by atoms with E-state index in [-0.39, 0.29) is 5.60 Å². The summed E-state index contributed by atoms with van der Waals surface area (Å²) in [6.07, 6.45) is 9.39. The molecule has 0 aromatic carbocycles. The molecule has 1 atom stereocenters. The lowest BCUT2D eigenvalue weighted by atomic mass is 9.54. The van der Waals surface area contributed by atoms with Crippen LogP contribution in [-0.2, 0) is 4.74 Å². The zero-order valence-electron chi connectivity index (χ0n) is 13.0. The van der Waals surface area contributed by atoms with Crippen LogP contribution in [0.25, 0.3) is 0 Å². The van der Waals surface area contributed by atoms with Gasteiger partial charge in [0.2, 0.25) is 0 Å². The number of aromatic nitrogens is 1. The summed E-state index contributed by atoms with van der Waals surface area (Å²) in [6, 6.07) is 5.88. The zero-order valence-corrected chi connectivity index (χ0v) is 13.8. The molecule has 0 saturated heterocycles. The van der Waals surface area contributed by atoms with E-state index in [0.29, 0.717) is 12.4 Å². The van der Waals surface area contributed by atoms with Gasteiger partial charge in [-0.1, -0.05) is 6.07 Å². The average molecular weight is 319 g/mol. The van der Waals surface area contributed by atoms with Crippen LogP contribution in [0.2, 0.25) is 0 Å². The summed E-state index contributed by atoms with van der Waals surface area (Å²) in [7, 11) is 0. The summed E-state index contributed by atoms with van der Waals surface area (Å²) in [5, 5.41) is 11.2. The number of pyridine rings is 1. The van der Waals surface area contributed by atoms with Crippen LogP contribution in [0.5, 0.6) is 0 Å². The first-order valence-electron chi connectivity index (χ1n) is 8.57. The minimum absolute atomic E-state index is 0.103. The van der Waals surface area contributed by atoms with Crippen LogP contribution in [0.3, 0.4) is 0 Å². The third-order valence-electron chi connectivity index (χ3n) is 5.63. The standard InChI is InChI=1S/C18H25NO2S/c20-16(12-22-17-3-1-2-4-19-17)11-21-18-8-13-5-14(9-18)7-15(6-13)10-18/h1-4,13-16,20H,5-12H2/t13?,14?,15?,16-,18?/m0/s1. The Hall–Kier alpha value is -0.580. The molecule has 1 aromatic rings. The molecule has 0 amide bonds. The van der Waals surface area contributed by atoms with Crippen molar-refractivity contribution >= 4 is 11.8 Å². The Morgan fingerprint density at radius 2 is 1.86 bits per heavy atom. The highest BCUT2D eigenvalue weighted by atomic mass is 32.2. The molecule has 4 aliphatic rings. The Morgan fingerprint density at radius 3 is 2.45 bits per heavy atom. The molecule has 0 spiro atoms. The van der Waals surface area contributed by atoms with Crippen molar-refractivity contribution in [3.05, 3.63) is 24.4 Å². The van der Waals surface area contributed by atoms with Gasteiger partial charge in [-0.25, -0.2) is 4.98 Å². The van der Waals surface area contributed by atoms with Gasteiger partial charge in [-0.2, -0.15) is 0 Å². The van der Waals surface area contributed by atoms with Gasteiger partial charge in [-0.05, 0) is 68.4 Å². The lowest BCUT2D eigenvalue weighted by molar-refractivity contribution is -0.173. The van der Waals surface area contributed by atoms with Gasteiger partial charge in [-0.3, -0.25) is 0 Å². The molecule has 4 heteroatoms. The number of nitrogens with zero attached hydrogens (tertiary/aromatic N) is 1. The molecule has 0 radical (unpaired) electrons. The Kier molecular flexibility index (Phi) is 4.18. The molecule has 3 nitrogen and oxygen atoms in total. The predicted octanol–water partition coefficient (Wildman–Crippen LogP) is 3.52. The number of hydrogen-bond acceptors (Lipinski definition) is 4. The highest BCUT2D eigenvalue weighted by Gasteiger charge is 2.51. The molecule has 120 valence electrons. The zero-order chi connectivity index (χ0) is 15.0. The Labute approximate surface area is 136 Å². The van der Waals surface area contributed by atoms with E-state index in [1.807, 2.05) is 18.2 Å². The van der Waals surface area contributed by atoms with Gasteiger partial charge in [0.05, 0.1) is 23.3 Å². The monoisotopic (exact) mass is 319 g/mol. The van der Waals surface area contributed by atoms with Gasteiger partial charge in [-0.15, -0.1) is 11.8 Å². The Morgan fingerprint density at radius 1 is 1.18 bits per heavy atom. The van der Waals surface area contributed by atoms with Crippen molar-refractivity contribution in [3.63, 3.8) is 0 Å². The third-order valence-corrected chi connectivity index (χ3v) is 6.71. The number of hydrogen-bond donors (Lipinski definition) is 1. The largest absolute Gasteiger partial charge is 0.390 e. The molecular weight excluding hydrogens is 294 g/mol. The van der Waals surface area contributed by atoms with Gasteiger partial charge in [0, 0.05) is 11.9 Å². The quantitative estimate of drug-likeness (QED) is 0.815. The fourth-order valence-corrected chi connectivity index (χ4v) is 5.91. The molecule has 22 heavy (non-hydrogen) atoms. The minimum atomic E-state index is -0.403. The fourth-order valence-electron chi connectivity index (χ4n) is 5.14. The summed E-state index contributed by atoms with van der Waals surface area (Å²) >= 11 is 1.60. The first-order valence-corrected chi connectivity index (χ1v) is 9.55. The van der Waals surface area contributed by atoms with Crippen molar-refractivity contribution in [1.82, 2.24) is 4.98 Å². The summed E-state index contributed by atoms with van der Waals surface area (Å²) in [5.74, 6) is 3.34. The van der Waals surface area contributed by atoms with Crippen LogP contribution in [0.1, 0.15) is 38.5 Å². The highest BCUT2D eigenvalue weighted by Crippen LogP contribution is 2.57. The van der Waals surface area contributed by atoms with E-state index in [1.54, 1.807) is 18.0 Å². The van der Waals surface area contributed by atoms with Crippen molar-refractivity contribution in [1.29, 1.82) is 0 Å². The second kappa shape index (κ2) is 6.14. The molecule has 4 fully saturated rings. The van der Waals surface area contributed by atoms with Gasteiger partial charge in [0.25, 0.3) is 0 Å². The van der Waals surface area contributed by atoms with E-state index < -0.39 is 6.10 Å². The van der Waals surface area contributed by atoms with Crippen molar-refractivity contribution in [3.8, 4) is 0 Å². The van der Waals surface area contributed by atoms with E-state index in [2.05, 4.69) is 4.98 Å². The van der Waals surface area contributed by atoms with Crippen molar-refractivity contribution in [2.45, 2.75) is 55.3 Å². The molecule has 4 saturated carbocycles. The SMILES string of the molecule is O[C@@H](COC12CC3CC(CC(C3)C1)C2)CSc1ccccn1. The number of aliphatic hydroxyl groups is 1. The summed E-state index contributed by atoms with van der Waals surface area (Å²) < 4.78 is 6.31. The van der Waals surface area contributed by atoms with Crippen LogP contribution in [0, 0.1) is 17.8 Å². The highest BCUT2D eigenvalue weighted by molar-refractivity contribution is 7.99. The summed E-state index contributed by atoms with van der Waals surface area (Å²) in [5.41, 5.74) is 0.103. The molecule has 1 N–H and O–H groups in total. The molecule has 4 aliphatic carbocycles. The maximum atomic E-state index is 10.2. The molecule has 1 aromatic heterocycles. The Bertz CT molecular complexity index is 472. The number of ether oxygens (including phenoxy) is 1. The predicted molar refractivity (Wildman–Crippen MR) is 87.8 cm³/mol. The van der Waals surface area contributed by atoms with Crippen molar-refractivity contribution in [2.75, 3.05) is 12.4 Å². The lowest BCUT2D eigenvalue weighted by Crippen LogP contribution is -2.52. The lowest BCUT2D eigenvalue weighted by Gasteiger charge is -2.56. The van der Waals surface area contributed by atoms with Gasteiger partial charge in [0.15, 0.2) is 0 Å². The fraction of sp³-hybridized carbons (Fsp3) is 0.722. The van der Waals surface area contributed by atoms with E-state index in [9.17, 15) is 5.11 Å². The molecule has 0 aliphatic heterocycles. The van der Waals surface area contributed by atoms with E-state index in [0.717, 1.165) is 22.8 Å². The Balaban J connectivity index is 1.27. The second-order valence-corrected chi connectivity index (χ2v) is 8.58. The first kappa shape index (κ1) is 15.0. The van der Waals surface area contributed by atoms with Gasteiger partial charge in [0.1, 0.15) is 0 Å². The summed E-state index contributed by atoms with van der Waals surface area (Å²) in [4.78, 5) is 4.28. The minimum Gasteiger partial charge on any atom is -0.390 e. The third kappa shape index (κ3) is 3.19. The summed E-state index contributed by atoms with van der Waals surface area (Å²) in [6.45, 7) is 0.478. The van der Waals surface area contributed by atoms with E-state index >= 15 is 0 Å². The number of thioether (sulfide) groups is 1. The van der Waals surface area contributed by atoms with Crippen LogP contribution in [-0.4, -0.2) is 34.2 Å². The normalized spacial score (nSPS) is 37.4. The number of aliphatic hydroxyl groups excluding tert-OH is 1. The smallest absolute Gasteiger partial charge is 0.0960 e. The van der Waals surface area contributed by atoms with Gasteiger partial charge >= 0.3 is 0 Å². The van der Waals surface area contributed by atoms with Gasteiger partial charge < -0.3 is 9.84 Å². The number of rotatable bonds is 6. The first-order chi connectivity index (χ1) is 10.7. The average Bonchev–Trinajstić information content (AvgIpc) is 2.51. The molecule has 1 heterocycles. The maximum absolute atomic E-state index is 10.2. The molecular formula is C18H25NO2S. The molecule has 0 unspecified atom stereocenters. The molecule has 5 rings (SSSR count). The molecule has 4 bridgehead atoms. The topological polar surface area (TPSA) is 42.4 Å². The van der Waals surface area contributed by atoms with Crippen molar-refractivity contribution in [2.24, 2.45) is 17.8 Å². The van der Waals surface area contributed by atoms with E-state index in [4.69, 9.17) is 4.74 Å². The van der Waals surface area contributed by atoms with Crippen molar-refractivity contribution < 1.29 is 9.84 Å². The van der Waals surface area contributed by atoms with Crippen LogP contribution in [0.15, 0.2) is 29.4 Å². The van der Waals surface area contributed by atoms with E-state index in [1.165, 1.54) is 38.5 Å². The van der Waals surface area contributed by atoms with Crippen LogP contribution < -0.4 is 0 Å². The second-order valence-electron chi connectivity index (χ2n) is 7.54. The van der Waals surface area contributed by atoms with Crippen LogP contribution >= 0.6 is 11.8 Å². The van der Waals surface area contributed by atoms with Crippen LogP contribution in [0.4, 0.5) is 0 Å². The maximum Gasteiger partial charge on any atom is 0.0960 e.